The number of carbonyl (C=O) groups is 2. The molecule has 0 aliphatic heterocycles. The number of hydrogen-bond acceptors (Lipinski definition) is 6. The van der Waals surface area contributed by atoms with Crippen molar-refractivity contribution in [3.05, 3.63) is 36.2 Å². The van der Waals surface area contributed by atoms with Crippen molar-refractivity contribution in [3.63, 3.8) is 0 Å². The highest BCUT2D eigenvalue weighted by Crippen LogP contribution is 2.11. The van der Waals surface area contributed by atoms with Gasteiger partial charge >= 0.3 is 5.97 Å². The van der Waals surface area contributed by atoms with Crippen molar-refractivity contribution >= 4 is 22.9 Å². The van der Waals surface area contributed by atoms with Crippen LogP contribution < -0.4 is 5.32 Å². The van der Waals surface area contributed by atoms with Crippen molar-refractivity contribution in [1.29, 1.82) is 0 Å². The molecule has 2 N–H and O–H groups in total. The van der Waals surface area contributed by atoms with Gasteiger partial charge in [0.15, 0.2) is 0 Å². The molecule has 7 heteroatoms. The van der Waals surface area contributed by atoms with Gasteiger partial charge in [0.2, 0.25) is 5.91 Å². The van der Waals surface area contributed by atoms with Gasteiger partial charge in [-0.2, -0.15) is 0 Å². The van der Waals surface area contributed by atoms with E-state index in [0.29, 0.717) is 17.6 Å². The van der Waals surface area contributed by atoms with Gasteiger partial charge in [0.05, 0.1) is 23.8 Å². The van der Waals surface area contributed by atoms with Gasteiger partial charge in [-0.25, -0.2) is 9.78 Å². The summed E-state index contributed by atoms with van der Waals surface area (Å²) < 4.78 is 4.75. The molecule has 1 amide bonds. The highest BCUT2D eigenvalue weighted by atomic mass is 16.5. The molecular weight excluding hydrogens is 322 g/mol. The number of fused-ring (bicyclic) bond motifs is 1. The van der Waals surface area contributed by atoms with E-state index in [2.05, 4.69) is 15.3 Å². The maximum absolute atomic E-state index is 12.1. The van der Waals surface area contributed by atoms with Crippen molar-refractivity contribution in [1.82, 2.24) is 15.3 Å². The Morgan fingerprint density at radius 1 is 1.24 bits per heavy atom. The van der Waals surface area contributed by atoms with E-state index >= 15 is 0 Å². The molecule has 1 heterocycles. The molecule has 0 fully saturated rings. The lowest BCUT2D eigenvalue weighted by Crippen LogP contribution is -2.47. The third-order valence-corrected chi connectivity index (χ3v) is 3.71. The smallest absolute Gasteiger partial charge is 0.328 e. The zero-order chi connectivity index (χ0) is 18.4. The Morgan fingerprint density at radius 3 is 2.56 bits per heavy atom. The minimum atomic E-state index is -1.17. The minimum Gasteiger partial charge on any atom is -0.467 e. The van der Waals surface area contributed by atoms with Crippen LogP contribution >= 0.6 is 0 Å². The molecule has 0 unspecified atom stereocenters. The first-order chi connectivity index (χ1) is 11.9. The Labute approximate surface area is 146 Å². The van der Waals surface area contributed by atoms with E-state index in [-0.39, 0.29) is 12.3 Å². The van der Waals surface area contributed by atoms with Crippen molar-refractivity contribution in [3.8, 4) is 0 Å². The van der Waals surface area contributed by atoms with Crippen LogP contribution in [0.3, 0.4) is 0 Å². The molecule has 0 spiro atoms. The molecule has 2 rings (SSSR count). The van der Waals surface area contributed by atoms with E-state index in [1.807, 2.05) is 38.1 Å². The summed E-state index contributed by atoms with van der Waals surface area (Å²) in [5.41, 5.74) is 2.00. The van der Waals surface area contributed by atoms with Crippen LogP contribution in [0.15, 0.2) is 30.5 Å². The summed E-state index contributed by atoms with van der Waals surface area (Å²) >= 11 is 0. The molecular formula is C18H23N3O4. The van der Waals surface area contributed by atoms with Crippen molar-refractivity contribution in [2.75, 3.05) is 7.11 Å². The van der Waals surface area contributed by atoms with Crippen LogP contribution in [0.2, 0.25) is 0 Å². The van der Waals surface area contributed by atoms with E-state index in [4.69, 9.17) is 4.74 Å². The molecule has 0 radical (unpaired) electrons. The average molecular weight is 345 g/mol. The first kappa shape index (κ1) is 18.8. The fourth-order valence-corrected chi connectivity index (χ4v) is 2.46. The number of para-hydroxylation sites is 2. The molecule has 2 atom stereocenters. The van der Waals surface area contributed by atoms with Crippen LogP contribution in [0.1, 0.15) is 26.0 Å². The number of rotatable bonds is 7. The number of ether oxygens (including phenoxy) is 1. The number of amides is 1. The second kappa shape index (κ2) is 8.53. The van der Waals surface area contributed by atoms with Crippen molar-refractivity contribution in [2.45, 2.75) is 38.8 Å². The van der Waals surface area contributed by atoms with Crippen LogP contribution in [-0.2, 0) is 20.7 Å². The molecule has 2 aromatic rings. The number of aliphatic hydroxyl groups is 1. The van der Waals surface area contributed by atoms with E-state index in [1.165, 1.54) is 7.11 Å². The number of nitrogens with zero attached hydrogens (tertiary/aromatic N) is 2. The molecule has 0 bridgehead atoms. The topological polar surface area (TPSA) is 101 Å². The highest BCUT2D eigenvalue weighted by Gasteiger charge is 2.26. The van der Waals surface area contributed by atoms with Crippen LogP contribution in [0, 0.1) is 5.92 Å². The molecule has 134 valence electrons. The Bertz CT molecular complexity index is 748. The average Bonchev–Trinajstić information content (AvgIpc) is 2.59. The van der Waals surface area contributed by atoms with E-state index < -0.39 is 24.0 Å². The number of aromatic nitrogens is 2. The lowest BCUT2D eigenvalue weighted by atomic mass is 10.0. The van der Waals surface area contributed by atoms with Crippen molar-refractivity contribution in [2.24, 2.45) is 5.92 Å². The first-order valence-corrected chi connectivity index (χ1v) is 8.17. The molecule has 0 saturated carbocycles. The Kier molecular flexibility index (Phi) is 6.41. The second-order valence-corrected chi connectivity index (χ2v) is 6.28. The van der Waals surface area contributed by atoms with Crippen LogP contribution in [0.4, 0.5) is 0 Å². The van der Waals surface area contributed by atoms with Crippen LogP contribution in [0.25, 0.3) is 11.0 Å². The maximum atomic E-state index is 12.1. The predicted molar refractivity (Wildman–Crippen MR) is 92.7 cm³/mol. The normalized spacial score (nSPS) is 13.5. The minimum absolute atomic E-state index is 0.130. The molecule has 1 aromatic heterocycles. The molecule has 0 aliphatic rings. The molecule has 25 heavy (non-hydrogen) atoms. The van der Waals surface area contributed by atoms with Gasteiger partial charge in [0.25, 0.3) is 0 Å². The number of carbonyl (C=O) groups excluding carboxylic acids is 2. The molecule has 0 saturated heterocycles. The second-order valence-electron chi connectivity index (χ2n) is 6.28. The quantitative estimate of drug-likeness (QED) is 0.732. The third kappa shape index (κ3) is 5.22. The molecule has 0 aliphatic carbocycles. The number of benzene rings is 1. The number of aliphatic hydroxyl groups excluding tert-OH is 1. The van der Waals surface area contributed by atoms with Gasteiger partial charge < -0.3 is 15.2 Å². The van der Waals surface area contributed by atoms with E-state index in [0.717, 1.165) is 5.52 Å². The summed E-state index contributed by atoms with van der Waals surface area (Å²) in [6.07, 6.45) is 0.838. The maximum Gasteiger partial charge on any atom is 0.328 e. The lowest BCUT2D eigenvalue weighted by Gasteiger charge is -2.19. The Hall–Kier alpha value is -2.54. The lowest BCUT2D eigenvalue weighted by molar-refractivity contribution is -0.146. The summed E-state index contributed by atoms with van der Waals surface area (Å²) in [6, 6.07) is 6.44. The summed E-state index contributed by atoms with van der Waals surface area (Å²) in [4.78, 5) is 32.8. The first-order valence-electron chi connectivity index (χ1n) is 8.17. The monoisotopic (exact) mass is 345 g/mol. The van der Waals surface area contributed by atoms with Gasteiger partial charge in [0.1, 0.15) is 12.1 Å². The van der Waals surface area contributed by atoms with E-state index in [1.54, 1.807) is 6.20 Å². The van der Waals surface area contributed by atoms with Crippen LogP contribution in [-0.4, -0.2) is 46.2 Å². The largest absolute Gasteiger partial charge is 0.467 e. The Balaban J connectivity index is 2.13. The number of methoxy groups -OCH3 is 1. The summed E-state index contributed by atoms with van der Waals surface area (Å²) in [5, 5.41) is 12.4. The van der Waals surface area contributed by atoms with Gasteiger partial charge in [-0.3, -0.25) is 9.78 Å². The van der Waals surface area contributed by atoms with Gasteiger partial charge in [-0.15, -0.1) is 0 Å². The summed E-state index contributed by atoms with van der Waals surface area (Å²) in [6.45, 7) is 3.80. The third-order valence-electron chi connectivity index (χ3n) is 3.71. The highest BCUT2D eigenvalue weighted by molar-refractivity contribution is 5.87. The van der Waals surface area contributed by atoms with Crippen molar-refractivity contribution < 1.29 is 19.4 Å². The summed E-state index contributed by atoms with van der Waals surface area (Å²) in [5.74, 6) is -1.04. The molecule has 7 nitrogen and oxygen atoms in total. The Morgan fingerprint density at radius 2 is 1.92 bits per heavy atom. The predicted octanol–water partition coefficient (Wildman–Crippen LogP) is 1.24. The van der Waals surface area contributed by atoms with Gasteiger partial charge in [0, 0.05) is 12.6 Å². The standard InChI is InChI=1S/C18H23N3O4/c1-11(2)8-16(22)17(23)21-15(18(24)25-3)9-12-10-19-13-6-4-5-7-14(13)20-12/h4-7,10-11,15-16,22H,8-9H2,1-3H3,(H,21,23)/t15-,16+/m0/s1. The van der Waals surface area contributed by atoms with E-state index in [9.17, 15) is 14.7 Å². The number of nitrogens with one attached hydrogen (secondary N) is 1. The summed E-state index contributed by atoms with van der Waals surface area (Å²) in [7, 11) is 1.25. The number of hydrogen-bond donors (Lipinski definition) is 2. The fourth-order valence-electron chi connectivity index (χ4n) is 2.46. The van der Waals surface area contributed by atoms with Gasteiger partial charge in [-0.1, -0.05) is 26.0 Å². The number of esters is 1. The zero-order valence-corrected chi connectivity index (χ0v) is 14.6. The fraction of sp³-hybridized carbons (Fsp3) is 0.444. The molecule has 1 aromatic carbocycles. The van der Waals surface area contributed by atoms with Gasteiger partial charge in [-0.05, 0) is 24.5 Å². The zero-order valence-electron chi connectivity index (χ0n) is 14.6. The van der Waals surface area contributed by atoms with Crippen LogP contribution in [0.5, 0.6) is 0 Å². The SMILES string of the molecule is COC(=O)[C@H](Cc1cnc2ccccc2n1)NC(=O)[C@H](O)CC(C)C.